The number of unbranched alkanes of at least 4 members (excludes halogenated alkanes) is 2. The van der Waals surface area contributed by atoms with Crippen molar-refractivity contribution in [2.45, 2.75) is 26.2 Å². The summed E-state index contributed by atoms with van der Waals surface area (Å²) in [6.07, 6.45) is 3.49. The first kappa shape index (κ1) is 18.4. The van der Waals surface area contributed by atoms with Gasteiger partial charge in [0, 0.05) is 5.75 Å². The van der Waals surface area contributed by atoms with Gasteiger partial charge in [-0.3, -0.25) is 0 Å². The summed E-state index contributed by atoms with van der Waals surface area (Å²) in [5, 5.41) is -0.125. The van der Waals surface area contributed by atoms with E-state index in [0.717, 1.165) is 23.2 Å². The molecule has 0 unspecified atom stereocenters. The van der Waals surface area contributed by atoms with Crippen LogP contribution >= 0.6 is 11.8 Å². The number of hydrogen-bond donors (Lipinski definition) is 0. The number of carbonyl (C=O) groups is 1. The van der Waals surface area contributed by atoms with Gasteiger partial charge in [-0.1, -0.05) is 19.8 Å². The van der Waals surface area contributed by atoms with Crippen molar-refractivity contribution >= 4 is 17.1 Å². The van der Waals surface area contributed by atoms with Crippen LogP contribution in [0.25, 0.3) is 0 Å². The Bertz CT molecular complexity index is 183. The molecule has 0 N–H and O–H groups in total. The van der Waals surface area contributed by atoms with Gasteiger partial charge in [-0.2, -0.15) is 0 Å². The number of hydrogen-bond acceptors (Lipinski definition) is 3. The van der Waals surface area contributed by atoms with Crippen molar-refractivity contribution in [1.29, 1.82) is 0 Å². The summed E-state index contributed by atoms with van der Waals surface area (Å²) in [6, 6.07) is 0. The Morgan fingerprint density at radius 1 is 1.25 bits per heavy atom. The van der Waals surface area contributed by atoms with Crippen molar-refractivity contribution < 1.29 is 26.4 Å². The molecule has 0 heterocycles. The quantitative estimate of drug-likeness (QED) is 0.363. The van der Waals surface area contributed by atoms with E-state index in [1.54, 1.807) is 0 Å². The van der Waals surface area contributed by atoms with E-state index >= 15 is 0 Å². The van der Waals surface area contributed by atoms with E-state index in [9.17, 15) is 4.79 Å². The van der Waals surface area contributed by atoms with Crippen molar-refractivity contribution in [1.82, 2.24) is 0 Å². The summed E-state index contributed by atoms with van der Waals surface area (Å²) >= 11 is 1.30. The van der Waals surface area contributed by atoms with Crippen LogP contribution in [0.3, 0.4) is 0 Å². The van der Waals surface area contributed by atoms with Crippen LogP contribution in [-0.2, 0) is 4.74 Å². The Kier molecular flexibility index (Phi) is 11.8. The van der Waals surface area contributed by atoms with Crippen LogP contribution in [0.5, 0.6) is 0 Å². The van der Waals surface area contributed by atoms with Crippen LogP contribution in [0.2, 0.25) is 0 Å². The maximum atomic E-state index is 11.2. The molecule has 0 rings (SSSR count). The molecule has 0 saturated carbocycles. The topological polar surface area (TPSA) is 26.3 Å². The zero-order valence-corrected chi connectivity index (χ0v) is 12.4. The molecule has 5 heteroatoms. The zero-order valence-electron chi connectivity index (χ0n) is 10.8. The fraction of sp³-hybridized carbons (Fsp3) is 0.909. The smallest absolute Gasteiger partial charge is 0.367 e. The summed E-state index contributed by atoms with van der Waals surface area (Å²) in [5.74, 6) is 0.886. The number of halogens is 1. The summed E-state index contributed by atoms with van der Waals surface area (Å²) in [4.78, 5) is 11.2. The fourth-order valence-corrected chi connectivity index (χ4v) is 1.63. The molecule has 0 bridgehead atoms. The molecule has 0 aliphatic heterocycles. The third-order valence-corrected chi connectivity index (χ3v) is 2.80. The van der Waals surface area contributed by atoms with Gasteiger partial charge >= 0.3 is 5.30 Å². The Labute approximate surface area is 110 Å². The number of thioether (sulfide) groups is 1. The van der Waals surface area contributed by atoms with Crippen LogP contribution < -0.4 is 12.4 Å². The van der Waals surface area contributed by atoms with E-state index in [2.05, 4.69) is 28.1 Å². The van der Waals surface area contributed by atoms with Gasteiger partial charge in [-0.15, -0.1) is 0 Å². The molecular formula is C11H24ClNO2S. The van der Waals surface area contributed by atoms with Gasteiger partial charge in [-0.25, -0.2) is 4.79 Å². The van der Waals surface area contributed by atoms with E-state index in [-0.39, 0.29) is 17.7 Å². The Morgan fingerprint density at radius 3 is 2.38 bits per heavy atom. The van der Waals surface area contributed by atoms with Crippen molar-refractivity contribution in [3.05, 3.63) is 0 Å². The lowest BCUT2D eigenvalue weighted by Crippen LogP contribution is -3.00. The zero-order chi connectivity index (χ0) is 11.7. The summed E-state index contributed by atoms with van der Waals surface area (Å²) in [5.41, 5.74) is 0. The molecule has 0 aliphatic carbocycles. The molecular weight excluding hydrogens is 246 g/mol. The van der Waals surface area contributed by atoms with Gasteiger partial charge in [0.05, 0.1) is 21.1 Å². The van der Waals surface area contributed by atoms with Gasteiger partial charge in [0.2, 0.25) is 0 Å². The van der Waals surface area contributed by atoms with Gasteiger partial charge in [0.15, 0.2) is 0 Å². The Balaban J connectivity index is 0. The number of quaternary nitrogens is 1. The largest absolute Gasteiger partial charge is 1.00 e. The Hall–Kier alpha value is 0.0700. The molecule has 0 fully saturated rings. The molecule has 0 amide bonds. The molecule has 0 aromatic carbocycles. The van der Waals surface area contributed by atoms with Crippen LogP contribution in [0.15, 0.2) is 0 Å². The highest BCUT2D eigenvalue weighted by atomic mass is 35.5. The van der Waals surface area contributed by atoms with Crippen molar-refractivity contribution in [3.8, 4) is 0 Å². The van der Waals surface area contributed by atoms with Crippen molar-refractivity contribution in [3.63, 3.8) is 0 Å². The molecule has 0 aromatic rings. The average Bonchev–Trinajstić information content (AvgIpc) is 2.10. The van der Waals surface area contributed by atoms with Gasteiger partial charge in [0.25, 0.3) is 0 Å². The third kappa shape index (κ3) is 14.1. The highest BCUT2D eigenvalue weighted by Crippen LogP contribution is 2.09. The molecule has 0 spiro atoms. The normalized spacial score (nSPS) is 10.8. The molecule has 0 atom stereocenters. The highest BCUT2D eigenvalue weighted by molar-refractivity contribution is 8.13. The second-order valence-corrected chi connectivity index (χ2v) is 5.70. The maximum Gasteiger partial charge on any atom is 0.367 e. The lowest BCUT2D eigenvalue weighted by molar-refractivity contribution is -0.870. The number of nitrogens with zero attached hydrogens (tertiary/aromatic N) is 1. The molecule has 16 heavy (non-hydrogen) atoms. The minimum absolute atomic E-state index is 0. The van der Waals surface area contributed by atoms with Crippen LogP contribution in [0.4, 0.5) is 4.79 Å². The number of likely N-dealkylation sites (N-methyl/N-ethyl adjacent to an activating group) is 1. The predicted octanol–water partition coefficient (Wildman–Crippen LogP) is -0.243. The van der Waals surface area contributed by atoms with E-state index in [4.69, 9.17) is 4.74 Å². The second-order valence-electron chi connectivity index (χ2n) is 4.67. The summed E-state index contributed by atoms with van der Waals surface area (Å²) in [6.45, 7) is 3.54. The molecule has 0 aliphatic rings. The average molecular weight is 270 g/mol. The highest BCUT2D eigenvalue weighted by Gasteiger charge is 2.09. The first-order chi connectivity index (χ1) is 6.95. The SMILES string of the molecule is CCCCCSC(=O)OCC[N+](C)(C)C.[Cl-]. The van der Waals surface area contributed by atoms with Gasteiger partial charge < -0.3 is 21.6 Å². The van der Waals surface area contributed by atoms with E-state index in [1.807, 2.05) is 0 Å². The summed E-state index contributed by atoms with van der Waals surface area (Å²) in [7, 11) is 6.26. The monoisotopic (exact) mass is 269 g/mol. The predicted molar refractivity (Wildman–Crippen MR) is 66.2 cm³/mol. The van der Waals surface area contributed by atoms with Crippen molar-refractivity contribution in [2.24, 2.45) is 0 Å². The van der Waals surface area contributed by atoms with Crippen LogP contribution in [-0.4, -0.2) is 49.8 Å². The molecule has 0 radical (unpaired) electrons. The Morgan fingerprint density at radius 2 is 1.88 bits per heavy atom. The molecule has 98 valence electrons. The van der Waals surface area contributed by atoms with Crippen LogP contribution in [0.1, 0.15) is 26.2 Å². The summed E-state index contributed by atoms with van der Waals surface area (Å²) < 4.78 is 5.93. The molecule has 0 aromatic heterocycles. The van der Waals surface area contributed by atoms with Crippen molar-refractivity contribution in [2.75, 3.05) is 40.0 Å². The van der Waals surface area contributed by atoms with Gasteiger partial charge in [-0.05, 0) is 18.2 Å². The minimum atomic E-state index is -0.125. The third-order valence-electron chi connectivity index (χ3n) is 1.95. The van der Waals surface area contributed by atoms with E-state index < -0.39 is 0 Å². The van der Waals surface area contributed by atoms with E-state index in [1.165, 1.54) is 24.6 Å². The van der Waals surface area contributed by atoms with E-state index in [0.29, 0.717) is 6.61 Å². The maximum absolute atomic E-state index is 11.2. The first-order valence-corrected chi connectivity index (χ1v) is 6.54. The standard InChI is InChI=1S/C11H24NO2S.ClH/c1-5-6-7-10-15-11(13)14-9-8-12(2,3)4;/h5-10H2,1-4H3;1H/q+1;/p-1. The van der Waals surface area contributed by atoms with Gasteiger partial charge in [0.1, 0.15) is 13.2 Å². The number of ether oxygens (including phenoxy) is 1. The second kappa shape index (κ2) is 10.2. The number of rotatable bonds is 7. The minimum Gasteiger partial charge on any atom is -1.00 e. The molecule has 0 saturated heterocycles. The van der Waals surface area contributed by atoms with Crippen LogP contribution in [0, 0.1) is 0 Å². The lowest BCUT2D eigenvalue weighted by Gasteiger charge is -2.23. The fourth-order valence-electron chi connectivity index (χ4n) is 0.952. The first-order valence-electron chi connectivity index (χ1n) is 5.55. The molecule has 3 nitrogen and oxygen atoms in total. The lowest BCUT2D eigenvalue weighted by atomic mass is 10.3. The number of carbonyl (C=O) groups excluding carboxylic acids is 1.